The van der Waals surface area contributed by atoms with Crippen molar-refractivity contribution in [2.75, 3.05) is 13.2 Å². The number of nitrogens with one attached hydrogen (secondary N) is 1. The first-order valence-electron chi connectivity index (χ1n) is 10.5. The van der Waals surface area contributed by atoms with E-state index in [2.05, 4.69) is 10.5 Å². The SMILES string of the molecule is CCOc1ccc(/C=N/NC(=O)c2ccc(S(=O)(=O)c3ccc(C)cc3)cc2)c(OCC)c1. The van der Waals surface area contributed by atoms with Crippen LogP contribution in [0, 0.1) is 6.92 Å². The van der Waals surface area contributed by atoms with Gasteiger partial charge in [-0.15, -0.1) is 0 Å². The first-order chi connectivity index (χ1) is 15.8. The van der Waals surface area contributed by atoms with Gasteiger partial charge in [-0.2, -0.15) is 5.10 Å². The molecule has 0 saturated carbocycles. The van der Waals surface area contributed by atoms with Gasteiger partial charge >= 0.3 is 0 Å². The van der Waals surface area contributed by atoms with Crippen molar-refractivity contribution in [2.45, 2.75) is 30.6 Å². The molecule has 0 spiro atoms. The van der Waals surface area contributed by atoms with E-state index in [0.29, 0.717) is 30.3 Å². The number of ether oxygens (including phenoxy) is 2. The molecule has 7 nitrogen and oxygen atoms in total. The number of benzene rings is 3. The molecule has 1 N–H and O–H groups in total. The fourth-order valence-corrected chi connectivity index (χ4v) is 4.28. The summed E-state index contributed by atoms with van der Waals surface area (Å²) in [6.07, 6.45) is 1.48. The molecule has 3 rings (SSSR count). The fraction of sp³-hybridized carbons (Fsp3) is 0.200. The van der Waals surface area contributed by atoms with E-state index in [1.54, 1.807) is 42.5 Å². The highest BCUT2D eigenvalue weighted by Crippen LogP contribution is 2.24. The largest absolute Gasteiger partial charge is 0.494 e. The third kappa shape index (κ3) is 5.98. The molecule has 0 heterocycles. The summed E-state index contributed by atoms with van der Waals surface area (Å²) in [5.74, 6) is 0.810. The van der Waals surface area contributed by atoms with E-state index < -0.39 is 15.7 Å². The van der Waals surface area contributed by atoms with Crippen LogP contribution < -0.4 is 14.9 Å². The van der Waals surface area contributed by atoms with Crippen LogP contribution in [-0.2, 0) is 9.84 Å². The Morgan fingerprint density at radius 3 is 2.12 bits per heavy atom. The van der Waals surface area contributed by atoms with Crippen molar-refractivity contribution >= 4 is 22.0 Å². The minimum Gasteiger partial charge on any atom is -0.494 e. The van der Waals surface area contributed by atoms with Crippen molar-refractivity contribution < 1.29 is 22.7 Å². The second-order valence-corrected chi connectivity index (χ2v) is 9.06. The van der Waals surface area contributed by atoms with Crippen LogP contribution in [0.2, 0.25) is 0 Å². The number of carbonyl (C=O) groups excluding carboxylic acids is 1. The van der Waals surface area contributed by atoms with E-state index in [0.717, 1.165) is 5.56 Å². The summed E-state index contributed by atoms with van der Waals surface area (Å²) in [7, 11) is -3.65. The molecule has 172 valence electrons. The highest BCUT2D eigenvalue weighted by Gasteiger charge is 2.18. The van der Waals surface area contributed by atoms with E-state index in [-0.39, 0.29) is 15.4 Å². The average Bonchev–Trinajstić information content (AvgIpc) is 2.81. The third-order valence-corrected chi connectivity index (χ3v) is 6.51. The number of amides is 1. The van der Waals surface area contributed by atoms with Crippen LogP contribution >= 0.6 is 0 Å². The van der Waals surface area contributed by atoms with E-state index in [1.165, 1.54) is 30.5 Å². The van der Waals surface area contributed by atoms with Crippen molar-refractivity contribution in [1.29, 1.82) is 0 Å². The second-order valence-electron chi connectivity index (χ2n) is 7.11. The number of rotatable bonds is 9. The highest BCUT2D eigenvalue weighted by atomic mass is 32.2. The van der Waals surface area contributed by atoms with Gasteiger partial charge in [0.1, 0.15) is 11.5 Å². The Labute approximate surface area is 194 Å². The summed E-state index contributed by atoms with van der Waals surface area (Å²) in [6, 6.07) is 17.7. The molecule has 0 atom stereocenters. The predicted molar refractivity (Wildman–Crippen MR) is 127 cm³/mol. The molecule has 0 aliphatic rings. The van der Waals surface area contributed by atoms with Gasteiger partial charge in [-0.25, -0.2) is 13.8 Å². The van der Waals surface area contributed by atoms with E-state index in [4.69, 9.17) is 9.47 Å². The van der Waals surface area contributed by atoms with Crippen LogP contribution in [0.3, 0.4) is 0 Å². The van der Waals surface area contributed by atoms with E-state index in [1.807, 2.05) is 20.8 Å². The van der Waals surface area contributed by atoms with Crippen molar-refractivity contribution in [3.05, 3.63) is 83.4 Å². The molecule has 0 aliphatic carbocycles. The lowest BCUT2D eigenvalue weighted by Gasteiger charge is -2.10. The summed E-state index contributed by atoms with van der Waals surface area (Å²) in [5.41, 5.74) is 4.38. The number of nitrogens with zero attached hydrogens (tertiary/aromatic N) is 1. The maximum absolute atomic E-state index is 12.8. The van der Waals surface area contributed by atoms with Crippen molar-refractivity contribution in [2.24, 2.45) is 5.10 Å². The number of hydrazone groups is 1. The zero-order valence-electron chi connectivity index (χ0n) is 18.7. The van der Waals surface area contributed by atoms with Crippen LogP contribution in [-0.4, -0.2) is 33.8 Å². The van der Waals surface area contributed by atoms with Gasteiger partial charge in [0, 0.05) is 17.2 Å². The Hall–Kier alpha value is -3.65. The normalized spacial score (nSPS) is 11.4. The molecular formula is C25H26N2O5S. The van der Waals surface area contributed by atoms with Crippen LogP contribution in [0.5, 0.6) is 11.5 Å². The van der Waals surface area contributed by atoms with Crippen molar-refractivity contribution in [3.8, 4) is 11.5 Å². The number of hydrogen-bond donors (Lipinski definition) is 1. The number of sulfone groups is 1. The maximum Gasteiger partial charge on any atom is 0.271 e. The number of hydrogen-bond acceptors (Lipinski definition) is 6. The van der Waals surface area contributed by atoms with E-state index in [9.17, 15) is 13.2 Å². The molecule has 0 aliphatic heterocycles. The maximum atomic E-state index is 12.8. The smallest absolute Gasteiger partial charge is 0.271 e. The summed E-state index contributed by atoms with van der Waals surface area (Å²) in [5, 5.41) is 4.00. The minimum absolute atomic E-state index is 0.113. The van der Waals surface area contributed by atoms with Crippen molar-refractivity contribution in [3.63, 3.8) is 0 Å². The molecule has 0 fully saturated rings. The summed E-state index contributed by atoms with van der Waals surface area (Å²) < 4.78 is 36.6. The van der Waals surface area contributed by atoms with Crippen LogP contribution in [0.25, 0.3) is 0 Å². The number of carbonyl (C=O) groups is 1. The molecule has 3 aromatic rings. The van der Waals surface area contributed by atoms with Crippen LogP contribution in [0.1, 0.15) is 35.3 Å². The first kappa shape index (κ1) is 24.0. The third-order valence-electron chi connectivity index (χ3n) is 4.72. The van der Waals surface area contributed by atoms with Gasteiger partial charge in [-0.05, 0) is 69.3 Å². The molecule has 0 unspecified atom stereocenters. The Kier molecular flexibility index (Phi) is 7.84. The Morgan fingerprint density at radius 1 is 0.909 bits per heavy atom. The summed E-state index contributed by atoms with van der Waals surface area (Å²) in [4.78, 5) is 12.7. The lowest BCUT2D eigenvalue weighted by atomic mass is 10.2. The molecule has 8 heteroatoms. The molecule has 0 aromatic heterocycles. The molecule has 1 amide bonds. The van der Waals surface area contributed by atoms with Gasteiger partial charge in [-0.1, -0.05) is 17.7 Å². The Balaban J connectivity index is 1.70. The molecule has 0 bridgehead atoms. The summed E-state index contributed by atoms with van der Waals surface area (Å²) in [6.45, 7) is 6.68. The average molecular weight is 467 g/mol. The quantitative estimate of drug-likeness (QED) is 0.373. The van der Waals surface area contributed by atoms with E-state index >= 15 is 0 Å². The monoisotopic (exact) mass is 466 g/mol. The zero-order valence-corrected chi connectivity index (χ0v) is 19.6. The summed E-state index contributed by atoms with van der Waals surface area (Å²) >= 11 is 0. The molecule has 0 saturated heterocycles. The Morgan fingerprint density at radius 2 is 1.52 bits per heavy atom. The van der Waals surface area contributed by atoms with Gasteiger partial charge in [0.15, 0.2) is 0 Å². The molecule has 0 radical (unpaired) electrons. The lowest BCUT2D eigenvalue weighted by molar-refractivity contribution is 0.0955. The highest BCUT2D eigenvalue weighted by molar-refractivity contribution is 7.91. The van der Waals surface area contributed by atoms with Gasteiger partial charge < -0.3 is 9.47 Å². The van der Waals surface area contributed by atoms with Gasteiger partial charge in [0.05, 0.1) is 29.2 Å². The molecular weight excluding hydrogens is 440 g/mol. The topological polar surface area (TPSA) is 94.1 Å². The minimum atomic E-state index is -3.65. The van der Waals surface area contributed by atoms with Crippen molar-refractivity contribution in [1.82, 2.24) is 5.43 Å². The number of aryl methyl sites for hydroxylation is 1. The van der Waals surface area contributed by atoms with Crippen LogP contribution in [0.15, 0.2) is 81.6 Å². The Bertz CT molecular complexity index is 1230. The van der Waals surface area contributed by atoms with Gasteiger partial charge in [-0.3, -0.25) is 4.79 Å². The predicted octanol–water partition coefficient (Wildman–Crippen LogP) is 4.39. The second kappa shape index (κ2) is 10.8. The van der Waals surface area contributed by atoms with Gasteiger partial charge in [0.2, 0.25) is 9.84 Å². The zero-order chi connectivity index (χ0) is 23.8. The van der Waals surface area contributed by atoms with Crippen LogP contribution in [0.4, 0.5) is 0 Å². The lowest BCUT2D eigenvalue weighted by Crippen LogP contribution is -2.17. The van der Waals surface area contributed by atoms with Gasteiger partial charge in [0.25, 0.3) is 5.91 Å². The fourth-order valence-electron chi connectivity index (χ4n) is 3.02. The first-order valence-corrected chi connectivity index (χ1v) is 12.0. The molecule has 3 aromatic carbocycles. The molecule has 33 heavy (non-hydrogen) atoms. The standard InChI is InChI=1S/C25H26N2O5S/c1-4-31-21-11-8-20(24(16-21)32-5-2)17-26-27-25(28)19-9-14-23(15-10-19)33(29,30)22-12-6-18(3)7-13-22/h6-17H,4-5H2,1-3H3,(H,27,28)/b26-17+.